The molecule has 0 spiro atoms. The van der Waals surface area contributed by atoms with Crippen LogP contribution in [-0.2, 0) is 10.0 Å². The first-order valence-corrected chi connectivity index (χ1v) is 10.5. The second kappa shape index (κ2) is 12.4. The predicted molar refractivity (Wildman–Crippen MR) is 107 cm³/mol. The number of rotatable bonds is 12. The SMILES string of the molecule is C=CCCCCCN(C)C(=NCCNS(=O)(=O)c1cccnc1)NCC. The van der Waals surface area contributed by atoms with Crippen LogP contribution in [-0.4, -0.2) is 57.5 Å². The van der Waals surface area contributed by atoms with E-state index >= 15 is 0 Å². The van der Waals surface area contributed by atoms with E-state index in [4.69, 9.17) is 0 Å². The Hall–Kier alpha value is -1.93. The van der Waals surface area contributed by atoms with E-state index in [1.54, 1.807) is 12.3 Å². The maximum absolute atomic E-state index is 12.1. The predicted octanol–water partition coefficient (Wildman–Crippen LogP) is 2.00. The van der Waals surface area contributed by atoms with Crippen LogP contribution in [0.3, 0.4) is 0 Å². The van der Waals surface area contributed by atoms with Gasteiger partial charge in [-0.1, -0.05) is 12.5 Å². The molecule has 8 heteroatoms. The van der Waals surface area contributed by atoms with Crippen LogP contribution in [0.2, 0.25) is 0 Å². The van der Waals surface area contributed by atoms with Gasteiger partial charge in [0.15, 0.2) is 5.96 Å². The molecule has 1 heterocycles. The highest BCUT2D eigenvalue weighted by molar-refractivity contribution is 7.89. The van der Waals surface area contributed by atoms with Crippen LogP contribution in [0.1, 0.15) is 32.6 Å². The van der Waals surface area contributed by atoms with Crippen LogP contribution >= 0.6 is 0 Å². The van der Waals surface area contributed by atoms with Gasteiger partial charge in [-0.15, -0.1) is 6.58 Å². The molecule has 0 saturated carbocycles. The monoisotopic (exact) mass is 381 g/mol. The van der Waals surface area contributed by atoms with Crippen molar-refractivity contribution in [3.8, 4) is 0 Å². The van der Waals surface area contributed by atoms with Crippen LogP contribution in [0, 0.1) is 0 Å². The lowest BCUT2D eigenvalue weighted by Gasteiger charge is -2.22. The first-order chi connectivity index (χ1) is 12.5. The molecule has 146 valence electrons. The normalized spacial score (nSPS) is 12.0. The number of allylic oxidation sites excluding steroid dienone is 1. The third-order valence-electron chi connectivity index (χ3n) is 3.71. The molecule has 0 unspecified atom stereocenters. The molecule has 7 nitrogen and oxygen atoms in total. The molecule has 0 fully saturated rings. The van der Waals surface area contributed by atoms with E-state index in [1.165, 1.54) is 12.3 Å². The molecule has 0 aliphatic heterocycles. The summed E-state index contributed by atoms with van der Waals surface area (Å²) >= 11 is 0. The zero-order valence-corrected chi connectivity index (χ0v) is 16.6. The maximum Gasteiger partial charge on any atom is 0.242 e. The number of nitrogens with zero attached hydrogens (tertiary/aromatic N) is 3. The van der Waals surface area contributed by atoms with Gasteiger partial charge in [0.2, 0.25) is 10.0 Å². The van der Waals surface area contributed by atoms with Crippen LogP contribution in [0.4, 0.5) is 0 Å². The van der Waals surface area contributed by atoms with Crippen molar-refractivity contribution in [3.05, 3.63) is 37.2 Å². The van der Waals surface area contributed by atoms with Gasteiger partial charge in [-0.2, -0.15) is 0 Å². The summed E-state index contributed by atoms with van der Waals surface area (Å²) in [5, 5.41) is 3.24. The fraction of sp³-hybridized carbons (Fsp3) is 0.556. The largest absolute Gasteiger partial charge is 0.357 e. The quantitative estimate of drug-likeness (QED) is 0.250. The molecular formula is C18H31N5O2S. The molecule has 0 aromatic carbocycles. The van der Waals surface area contributed by atoms with Gasteiger partial charge in [-0.3, -0.25) is 9.98 Å². The number of aromatic nitrogens is 1. The number of hydrogen-bond acceptors (Lipinski definition) is 4. The Bertz CT molecular complexity index is 647. The van der Waals surface area contributed by atoms with E-state index in [-0.39, 0.29) is 11.4 Å². The van der Waals surface area contributed by atoms with E-state index in [1.807, 2.05) is 20.0 Å². The summed E-state index contributed by atoms with van der Waals surface area (Å²) in [6.07, 6.45) is 9.26. The summed E-state index contributed by atoms with van der Waals surface area (Å²) in [6, 6.07) is 3.11. The fourth-order valence-electron chi connectivity index (χ4n) is 2.32. The van der Waals surface area contributed by atoms with Gasteiger partial charge in [-0.25, -0.2) is 13.1 Å². The summed E-state index contributed by atoms with van der Waals surface area (Å²) < 4.78 is 26.8. The third kappa shape index (κ3) is 8.44. The van der Waals surface area contributed by atoms with E-state index < -0.39 is 10.0 Å². The standard InChI is InChI=1S/C18H31N5O2S/c1-4-6-7-8-9-15-23(3)18(20-5-2)21-13-14-22-26(24,25)17-11-10-12-19-16-17/h4,10-12,16,22H,1,5-9,13-15H2,2-3H3,(H,20,21). The molecule has 2 N–H and O–H groups in total. The van der Waals surface area contributed by atoms with Gasteiger partial charge in [-0.05, 0) is 38.3 Å². The summed E-state index contributed by atoms with van der Waals surface area (Å²) in [4.78, 5) is 10.6. The van der Waals surface area contributed by atoms with Crippen molar-refractivity contribution in [1.29, 1.82) is 0 Å². The Kier molecular flexibility index (Phi) is 10.6. The number of aliphatic imine (C=N–C) groups is 1. The van der Waals surface area contributed by atoms with Crippen LogP contribution in [0.5, 0.6) is 0 Å². The zero-order chi connectivity index (χ0) is 19.3. The van der Waals surface area contributed by atoms with Crippen molar-refractivity contribution in [3.63, 3.8) is 0 Å². The average molecular weight is 382 g/mol. The van der Waals surface area contributed by atoms with Crippen LogP contribution < -0.4 is 10.0 Å². The summed E-state index contributed by atoms with van der Waals surface area (Å²) in [7, 11) is -1.54. The molecular weight excluding hydrogens is 350 g/mol. The van der Waals surface area contributed by atoms with Crippen molar-refractivity contribution >= 4 is 16.0 Å². The molecule has 1 aromatic heterocycles. The number of unbranched alkanes of at least 4 members (excludes halogenated alkanes) is 3. The minimum Gasteiger partial charge on any atom is -0.357 e. The lowest BCUT2D eigenvalue weighted by molar-refractivity contribution is 0.455. The molecule has 0 aliphatic rings. The number of guanidine groups is 1. The van der Waals surface area contributed by atoms with Gasteiger partial charge in [0.25, 0.3) is 0 Å². The highest BCUT2D eigenvalue weighted by atomic mass is 32.2. The fourth-order valence-corrected chi connectivity index (χ4v) is 3.31. The topological polar surface area (TPSA) is 86.7 Å². The van der Waals surface area contributed by atoms with Crippen molar-refractivity contribution in [2.24, 2.45) is 4.99 Å². The van der Waals surface area contributed by atoms with Gasteiger partial charge in [0.05, 0.1) is 6.54 Å². The molecule has 26 heavy (non-hydrogen) atoms. The molecule has 0 atom stereocenters. The Morgan fingerprint density at radius 3 is 2.85 bits per heavy atom. The summed E-state index contributed by atoms with van der Waals surface area (Å²) in [6.45, 7) is 8.02. The molecule has 0 amide bonds. The molecule has 0 bridgehead atoms. The number of hydrogen-bond donors (Lipinski definition) is 2. The molecule has 1 aromatic rings. The van der Waals surface area contributed by atoms with Crippen LogP contribution in [0.25, 0.3) is 0 Å². The van der Waals surface area contributed by atoms with Gasteiger partial charge in [0, 0.05) is 39.1 Å². The van der Waals surface area contributed by atoms with E-state index in [0.717, 1.165) is 44.7 Å². The van der Waals surface area contributed by atoms with Crippen LogP contribution in [0.15, 0.2) is 47.1 Å². The highest BCUT2D eigenvalue weighted by Gasteiger charge is 2.12. The third-order valence-corrected chi connectivity index (χ3v) is 5.15. The molecule has 0 radical (unpaired) electrons. The Morgan fingerprint density at radius 2 is 2.19 bits per heavy atom. The van der Waals surface area contributed by atoms with E-state index in [2.05, 4.69) is 31.5 Å². The second-order valence-electron chi connectivity index (χ2n) is 5.88. The highest BCUT2D eigenvalue weighted by Crippen LogP contribution is 2.04. The number of pyridine rings is 1. The minimum atomic E-state index is -3.54. The molecule has 0 saturated heterocycles. The average Bonchev–Trinajstić information content (AvgIpc) is 2.64. The summed E-state index contributed by atoms with van der Waals surface area (Å²) in [5.41, 5.74) is 0. The van der Waals surface area contributed by atoms with Crippen molar-refractivity contribution in [1.82, 2.24) is 19.9 Å². The Labute approximate surface area is 157 Å². The Morgan fingerprint density at radius 1 is 1.38 bits per heavy atom. The lowest BCUT2D eigenvalue weighted by atomic mass is 10.2. The molecule has 1 rings (SSSR count). The lowest BCUT2D eigenvalue weighted by Crippen LogP contribution is -2.40. The zero-order valence-electron chi connectivity index (χ0n) is 15.8. The first-order valence-electron chi connectivity index (χ1n) is 9.01. The first kappa shape index (κ1) is 22.1. The van der Waals surface area contributed by atoms with Gasteiger partial charge in [0.1, 0.15) is 4.90 Å². The number of nitrogens with one attached hydrogen (secondary N) is 2. The van der Waals surface area contributed by atoms with Gasteiger partial charge < -0.3 is 10.2 Å². The number of sulfonamides is 1. The second-order valence-corrected chi connectivity index (χ2v) is 7.65. The minimum absolute atomic E-state index is 0.160. The van der Waals surface area contributed by atoms with Crippen molar-refractivity contribution in [2.45, 2.75) is 37.5 Å². The smallest absolute Gasteiger partial charge is 0.242 e. The van der Waals surface area contributed by atoms with E-state index in [9.17, 15) is 8.42 Å². The summed E-state index contributed by atoms with van der Waals surface area (Å²) in [5.74, 6) is 0.789. The maximum atomic E-state index is 12.1. The van der Waals surface area contributed by atoms with Gasteiger partial charge >= 0.3 is 0 Å². The van der Waals surface area contributed by atoms with E-state index in [0.29, 0.717) is 6.54 Å². The molecule has 0 aliphatic carbocycles. The van der Waals surface area contributed by atoms with Crippen molar-refractivity contribution < 1.29 is 8.42 Å². The van der Waals surface area contributed by atoms with Crippen molar-refractivity contribution in [2.75, 3.05) is 33.2 Å². The Balaban J connectivity index is 2.46.